The number of benzene rings is 3. The van der Waals surface area contributed by atoms with E-state index < -0.39 is 5.91 Å². The number of nitrogens with zero attached hydrogens (tertiary/aromatic N) is 2. The monoisotopic (exact) mass is 464 g/mol. The maximum Gasteiger partial charge on any atom is 0.264 e. The summed E-state index contributed by atoms with van der Waals surface area (Å²) in [6, 6.07) is 24.0. The smallest absolute Gasteiger partial charge is 0.264 e. The molecule has 35 heavy (non-hydrogen) atoms. The normalized spacial score (nSPS) is 13.2. The number of nitriles is 1. The third-order valence-corrected chi connectivity index (χ3v) is 5.72. The Morgan fingerprint density at radius 2 is 1.66 bits per heavy atom. The molecular weight excluding hydrogens is 440 g/mol. The lowest BCUT2D eigenvalue weighted by molar-refractivity contribution is -0.117. The summed E-state index contributed by atoms with van der Waals surface area (Å²) in [6.07, 6.45) is 0.599. The molecule has 4 rings (SSSR count). The Hall–Kier alpha value is -4.70. The fourth-order valence-corrected chi connectivity index (χ4v) is 3.83. The Balaban J connectivity index is 1.54. The van der Waals surface area contributed by atoms with Gasteiger partial charge in [-0.15, -0.1) is 0 Å². The van der Waals surface area contributed by atoms with Crippen LogP contribution in [0.1, 0.15) is 32.6 Å². The number of rotatable bonds is 6. The van der Waals surface area contributed by atoms with Gasteiger partial charge >= 0.3 is 0 Å². The van der Waals surface area contributed by atoms with E-state index in [1.165, 1.54) is 0 Å². The Labute approximate surface area is 203 Å². The topological polar surface area (TPSA) is 104 Å². The number of aryl methyl sites for hydroxylation is 1. The SMILES string of the molecule is COc1ccc(CCNC(=O)/C(C#N)=C2/N=C(NC(=O)c3ccccc3C)c3ccccc32)cc1. The summed E-state index contributed by atoms with van der Waals surface area (Å²) < 4.78 is 5.16. The fourth-order valence-electron chi connectivity index (χ4n) is 3.83. The molecule has 174 valence electrons. The van der Waals surface area contributed by atoms with E-state index in [1.54, 1.807) is 37.4 Å². The van der Waals surface area contributed by atoms with Crippen molar-refractivity contribution in [3.8, 4) is 11.8 Å². The highest BCUT2D eigenvalue weighted by Crippen LogP contribution is 2.30. The number of ether oxygens (including phenoxy) is 1. The van der Waals surface area contributed by atoms with Gasteiger partial charge in [-0.2, -0.15) is 5.26 Å². The molecule has 3 aromatic carbocycles. The molecule has 1 heterocycles. The van der Waals surface area contributed by atoms with Crippen molar-refractivity contribution < 1.29 is 14.3 Å². The van der Waals surface area contributed by atoms with Crippen molar-refractivity contribution in [3.63, 3.8) is 0 Å². The predicted octanol–water partition coefficient (Wildman–Crippen LogP) is 3.79. The average molecular weight is 465 g/mol. The van der Waals surface area contributed by atoms with Crippen LogP contribution in [0.15, 0.2) is 83.4 Å². The van der Waals surface area contributed by atoms with Crippen LogP contribution in [-0.2, 0) is 11.2 Å². The lowest BCUT2D eigenvalue weighted by atomic mass is 10.0. The summed E-state index contributed by atoms with van der Waals surface area (Å²) >= 11 is 0. The third kappa shape index (κ3) is 5.12. The van der Waals surface area contributed by atoms with E-state index in [1.807, 2.05) is 55.5 Å². The Kier molecular flexibility index (Phi) is 7.03. The van der Waals surface area contributed by atoms with E-state index in [9.17, 15) is 14.9 Å². The van der Waals surface area contributed by atoms with Crippen molar-refractivity contribution in [1.29, 1.82) is 5.26 Å². The molecule has 0 saturated heterocycles. The first-order chi connectivity index (χ1) is 17.0. The molecule has 0 spiro atoms. The highest BCUT2D eigenvalue weighted by Gasteiger charge is 2.27. The molecule has 1 aliphatic heterocycles. The molecule has 3 aromatic rings. The van der Waals surface area contributed by atoms with Crippen LogP contribution >= 0.6 is 0 Å². The van der Waals surface area contributed by atoms with Gasteiger partial charge in [0.2, 0.25) is 0 Å². The fraction of sp³-hybridized carbons (Fsp3) is 0.143. The molecule has 0 bridgehead atoms. The number of carbonyl (C=O) groups is 2. The summed E-state index contributed by atoms with van der Waals surface area (Å²) in [6.45, 7) is 2.21. The number of hydrogen-bond acceptors (Lipinski definition) is 5. The number of hydrogen-bond donors (Lipinski definition) is 2. The average Bonchev–Trinajstić information content (AvgIpc) is 3.23. The van der Waals surface area contributed by atoms with Crippen molar-refractivity contribution in [2.24, 2.45) is 4.99 Å². The van der Waals surface area contributed by atoms with Gasteiger partial charge in [0.15, 0.2) is 0 Å². The zero-order valence-corrected chi connectivity index (χ0v) is 19.5. The second-order valence-corrected chi connectivity index (χ2v) is 7.96. The first-order valence-electron chi connectivity index (χ1n) is 11.1. The molecular formula is C28H24N4O3. The first kappa shape index (κ1) is 23.5. The molecule has 0 aliphatic carbocycles. The zero-order valence-electron chi connectivity index (χ0n) is 19.5. The van der Waals surface area contributed by atoms with Crippen molar-refractivity contribution >= 4 is 23.3 Å². The minimum Gasteiger partial charge on any atom is -0.497 e. The number of aliphatic imine (C=N–C) groups is 1. The molecule has 0 unspecified atom stereocenters. The number of fused-ring (bicyclic) bond motifs is 1. The van der Waals surface area contributed by atoms with Crippen molar-refractivity contribution in [1.82, 2.24) is 10.6 Å². The van der Waals surface area contributed by atoms with Gasteiger partial charge in [-0.1, -0.05) is 54.6 Å². The van der Waals surface area contributed by atoms with E-state index in [-0.39, 0.29) is 17.2 Å². The number of amidine groups is 1. The predicted molar refractivity (Wildman–Crippen MR) is 134 cm³/mol. The minimum atomic E-state index is -0.513. The summed E-state index contributed by atoms with van der Waals surface area (Å²) in [5.41, 5.74) is 3.81. The van der Waals surface area contributed by atoms with Crippen LogP contribution in [0, 0.1) is 18.3 Å². The number of nitrogens with one attached hydrogen (secondary N) is 2. The van der Waals surface area contributed by atoms with Gasteiger partial charge in [0.05, 0.1) is 12.8 Å². The maximum absolute atomic E-state index is 12.9. The highest BCUT2D eigenvalue weighted by molar-refractivity contribution is 6.20. The van der Waals surface area contributed by atoms with Crippen molar-refractivity contribution in [3.05, 3.63) is 106 Å². The van der Waals surface area contributed by atoms with E-state index in [0.29, 0.717) is 35.5 Å². The van der Waals surface area contributed by atoms with Crippen LogP contribution in [0.4, 0.5) is 0 Å². The Morgan fingerprint density at radius 1 is 0.971 bits per heavy atom. The van der Waals surface area contributed by atoms with Crippen LogP contribution in [-0.4, -0.2) is 31.3 Å². The van der Waals surface area contributed by atoms with Gasteiger partial charge in [-0.05, 0) is 42.7 Å². The van der Waals surface area contributed by atoms with Gasteiger partial charge in [-0.3, -0.25) is 9.59 Å². The molecule has 7 nitrogen and oxygen atoms in total. The summed E-state index contributed by atoms with van der Waals surface area (Å²) in [7, 11) is 1.61. The van der Waals surface area contributed by atoms with E-state index in [4.69, 9.17) is 4.74 Å². The van der Waals surface area contributed by atoms with Gasteiger partial charge in [0, 0.05) is 23.2 Å². The number of carbonyl (C=O) groups excluding carboxylic acids is 2. The largest absolute Gasteiger partial charge is 0.497 e. The van der Waals surface area contributed by atoms with E-state index in [0.717, 1.165) is 16.9 Å². The third-order valence-electron chi connectivity index (χ3n) is 5.72. The molecule has 0 saturated carbocycles. The number of methoxy groups -OCH3 is 1. The molecule has 0 fully saturated rings. The molecule has 2 N–H and O–H groups in total. The van der Waals surface area contributed by atoms with Gasteiger partial charge in [-0.25, -0.2) is 4.99 Å². The summed E-state index contributed by atoms with van der Waals surface area (Å²) in [4.78, 5) is 30.3. The van der Waals surface area contributed by atoms with E-state index >= 15 is 0 Å². The summed E-state index contributed by atoms with van der Waals surface area (Å²) in [5.74, 6) is 0.251. The van der Waals surface area contributed by atoms with Gasteiger partial charge in [0.25, 0.3) is 11.8 Å². The van der Waals surface area contributed by atoms with Crippen LogP contribution < -0.4 is 15.4 Å². The van der Waals surface area contributed by atoms with E-state index in [2.05, 4.69) is 15.6 Å². The standard InChI is InChI=1S/C28H24N4O3/c1-18-7-3-4-8-21(18)28(34)32-26-23-10-6-5-9-22(23)25(31-26)24(17-29)27(33)30-16-15-19-11-13-20(35-2)14-12-19/h3-14H,15-16H2,1-2H3,(H,30,33)(H,31,32,34)/b25-24+. The lowest BCUT2D eigenvalue weighted by Gasteiger charge is -2.08. The maximum atomic E-state index is 12.9. The van der Waals surface area contributed by atoms with Crippen LogP contribution in [0.2, 0.25) is 0 Å². The summed E-state index contributed by atoms with van der Waals surface area (Å²) in [5, 5.41) is 15.4. The second kappa shape index (κ2) is 10.5. The second-order valence-electron chi connectivity index (χ2n) is 7.96. The molecule has 7 heteroatoms. The highest BCUT2D eigenvalue weighted by atomic mass is 16.5. The van der Waals surface area contributed by atoms with Crippen molar-refractivity contribution in [2.75, 3.05) is 13.7 Å². The Bertz CT molecular complexity index is 1380. The van der Waals surface area contributed by atoms with Crippen LogP contribution in [0.25, 0.3) is 5.70 Å². The first-order valence-corrected chi connectivity index (χ1v) is 11.1. The molecule has 0 aromatic heterocycles. The lowest BCUT2D eigenvalue weighted by Crippen LogP contribution is -2.30. The minimum absolute atomic E-state index is 0.104. The molecule has 1 aliphatic rings. The Morgan fingerprint density at radius 3 is 2.34 bits per heavy atom. The molecule has 2 amide bonds. The van der Waals surface area contributed by atoms with Crippen LogP contribution in [0.5, 0.6) is 5.75 Å². The molecule has 0 atom stereocenters. The van der Waals surface area contributed by atoms with Crippen LogP contribution in [0.3, 0.4) is 0 Å². The quantitative estimate of drug-likeness (QED) is 0.428. The number of amides is 2. The molecule has 0 radical (unpaired) electrons. The zero-order chi connectivity index (χ0) is 24.8. The van der Waals surface area contributed by atoms with Crippen molar-refractivity contribution in [2.45, 2.75) is 13.3 Å². The van der Waals surface area contributed by atoms with Gasteiger partial charge < -0.3 is 15.4 Å². The van der Waals surface area contributed by atoms with Gasteiger partial charge in [0.1, 0.15) is 23.2 Å².